The summed E-state index contributed by atoms with van der Waals surface area (Å²) in [5.74, 6) is -1.07. The largest absolute Gasteiger partial charge is 0.462 e. The van der Waals surface area contributed by atoms with Gasteiger partial charge in [-0.25, -0.2) is 0 Å². The maximum Gasteiger partial charge on any atom is 0.306 e. The minimum Gasteiger partial charge on any atom is -0.462 e. The Morgan fingerprint density at radius 3 is 1.09 bits per heavy atom. The number of unbranched alkanes of at least 4 members (excludes halogenated alkanes) is 11. The smallest absolute Gasteiger partial charge is 0.306 e. The van der Waals surface area contributed by atoms with Crippen molar-refractivity contribution >= 4 is 17.9 Å². The molecule has 1 unspecified atom stereocenters. The first-order valence-electron chi connectivity index (χ1n) is 25.7. The van der Waals surface area contributed by atoms with E-state index in [2.05, 4.69) is 142 Å². The second-order valence-electron chi connectivity index (χ2n) is 16.3. The van der Waals surface area contributed by atoms with E-state index in [1.807, 2.05) is 12.2 Å². The summed E-state index contributed by atoms with van der Waals surface area (Å²) in [5, 5.41) is 0. The molecule has 0 rings (SSSR count). The van der Waals surface area contributed by atoms with Crippen LogP contribution in [0.4, 0.5) is 0 Å². The molecule has 0 fully saturated rings. The van der Waals surface area contributed by atoms with Crippen LogP contribution < -0.4 is 0 Å². The van der Waals surface area contributed by atoms with Crippen LogP contribution >= 0.6 is 0 Å². The molecular formula is C59H92O6. The summed E-state index contributed by atoms with van der Waals surface area (Å²) in [7, 11) is 0. The number of rotatable bonds is 44. The molecule has 0 aliphatic rings. The van der Waals surface area contributed by atoms with Gasteiger partial charge in [0.05, 0.1) is 0 Å². The minimum absolute atomic E-state index is 0.127. The summed E-state index contributed by atoms with van der Waals surface area (Å²) in [6.07, 6.45) is 73.2. The monoisotopic (exact) mass is 897 g/mol. The average molecular weight is 897 g/mol. The standard InChI is InChI=1S/C59H92O6/c1-4-7-10-13-16-19-21-23-25-27-29-31-33-35-37-40-43-46-49-52-58(61)64-55-56(54-63-57(60)51-48-45-42-39-18-15-12-9-6-3)65-59(62)53-50-47-44-41-38-36-34-32-30-28-26-24-22-20-17-14-11-8-5-2/h7-8,10-11,16-17,19-20,23-26,29-32,35,37,39,42-43,46,56H,4-6,9,12-15,18,21-22,27-28,33-34,36,38,40-41,44-45,47-55H2,1-3H3/b10-7-,11-8-,19-16-,20-17-,25-23-,26-24-,31-29-,32-30-,37-35-,42-39-,46-43-. The lowest BCUT2D eigenvalue weighted by atomic mass is 10.1. The summed E-state index contributed by atoms with van der Waals surface area (Å²) >= 11 is 0. The van der Waals surface area contributed by atoms with Crippen LogP contribution in [0.3, 0.4) is 0 Å². The molecule has 0 amide bonds. The van der Waals surface area contributed by atoms with E-state index in [-0.39, 0.29) is 50.4 Å². The van der Waals surface area contributed by atoms with E-state index in [0.29, 0.717) is 12.8 Å². The van der Waals surface area contributed by atoms with Crippen molar-refractivity contribution in [1.82, 2.24) is 0 Å². The van der Waals surface area contributed by atoms with E-state index < -0.39 is 6.10 Å². The Kier molecular flexibility index (Phi) is 48.6. The summed E-state index contributed by atoms with van der Waals surface area (Å²) in [5.41, 5.74) is 0. The van der Waals surface area contributed by atoms with Crippen LogP contribution in [0.25, 0.3) is 0 Å². The van der Waals surface area contributed by atoms with E-state index in [9.17, 15) is 14.4 Å². The molecule has 0 radical (unpaired) electrons. The highest BCUT2D eigenvalue weighted by Crippen LogP contribution is 2.12. The van der Waals surface area contributed by atoms with Gasteiger partial charge < -0.3 is 14.2 Å². The highest BCUT2D eigenvalue weighted by atomic mass is 16.6. The second-order valence-corrected chi connectivity index (χ2v) is 16.3. The van der Waals surface area contributed by atoms with Gasteiger partial charge >= 0.3 is 17.9 Å². The summed E-state index contributed by atoms with van der Waals surface area (Å²) in [4.78, 5) is 37.9. The van der Waals surface area contributed by atoms with E-state index in [0.717, 1.165) is 109 Å². The minimum atomic E-state index is -0.831. The molecule has 0 aromatic heterocycles. The van der Waals surface area contributed by atoms with Crippen LogP contribution in [-0.2, 0) is 28.6 Å². The normalized spacial score (nSPS) is 13.2. The zero-order valence-electron chi connectivity index (χ0n) is 41.4. The lowest BCUT2D eigenvalue weighted by molar-refractivity contribution is -0.166. The van der Waals surface area contributed by atoms with Crippen molar-refractivity contribution in [3.05, 3.63) is 134 Å². The fourth-order valence-corrected chi connectivity index (χ4v) is 6.34. The Bertz CT molecular complexity index is 1450. The Balaban J connectivity index is 4.51. The maximum atomic E-state index is 12.8. The zero-order chi connectivity index (χ0) is 47.2. The van der Waals surface area contributed by atoms with Gasteiger partial charge in [-0.2, -0.15) is 0 Å². The Hall–Kier alpha value is -4.45. The molecule has 0 aliphatic carbocycles. The van der Waals surface area contributed by atoms with Gasteiger partial charge in [-0.3, -0.25) is 14.4 Å². The van der Waals surface area contributed by atoms with Crippen LogP contribution in [0.5, 0.6) is 0 Å². The van der Waals surface area contributed by atoms with Crippen LogP contribution in [0.15, 0.2) is 134 Å². The maximum absolute atomic E-state index is 12.8. The third kappa shape index (κ3) is 50.4. The second kappa shape index (κ2) is 52.2. The quantitative estimate of drug-likeness (QED) is 0.0262. The van der Waals surface area contributed by atoms with Crippen LogP contribution in [0, 0.1) is 0 Å². The third-order valence-corrected chi connectivity index (χ3v) is 10.1. The van der Waals surface area contributed by atoms with Gasteiger partial charge in [0.1, 0.15) is 13.2 Å². The molecule has 0 aliphatic heterocycles. The number of ether oxygens (including phenoxy) is 3. The number of carbonyl (C=O) groups excluding carboxylic acids is 3. The van der Waals surface area contributed by atoms with Gasteiger partial charge in [0.2, 0.25) is 0 Å². The SMILES string of the molecule is CC/C=C\C/C=C\C/C=C\C/C=C\C/C=C\C/C=C\CCC(=O)OCC(COC(=O)CCC/C=C\CCCCCC)OC(=O)CCCCCCCC/C=C\C/C=C\C/C=C\C/C=C\CC. The van der Waals surface area contributed by atoms with Crippen molar-refractivity contribution < 1.29 is 28.6 Å². The molecule has 0 saturated carbocycles. The molecule has 364 valence electrons. The first-order chi connectivity index (χ1) is 32.0. The van der Waals surface area contributed by atoms with Gasteiger partial charge in [0, 0.05) is 19.3 Å². The predicted molar refractivity (Wildman–Crippen MR) is 279 cm³/mol. The topological polar surface area (TPSA) is 78.9 Å². The van der Waals surface area contributed by atoms with Crippen molar-refractivity contribution in [1.29, 1.82) is 0 Å². The lowest BCUT2D eigenvalue weighted by Crippen LogP contribution is -2.30. The molecule has 65 heavy (non-hydrogen) atoms. The third-order valence-electron chi connectivity index (χ3n) is 10.1. The zero-order valence-corrected chi connectivity index (χ0v) is 41.4. The van der Waals surface area contributed by atoms with Crippen molar-refractivity contribution in [2.24, 2.45) is 0 Å². The molecule has 6 heteroatoms. The molecule has 0 N–H and O–H groups in total. The first-order valence-corrected chi connectivity index (χ1v) is 25.7. The predicted octanol–water partition coefficient (Wildman–Crippen LogP) is 17.1. The fraction of sp³-hybridized carbons (Fsp3) is 0.576. The summed E-state index contributed by atoms with van der Waals surface area (Å²) < 4.78 is 16.6. The van der Waals surface area contributed by atoms with Gasteiger partial charge in [-0.05, 0) is 116 Å². The van der Waals surface area contributed by atoms with Crippen LogP contribution in [0.2, 0.25) is 0 Å². The summed E-state index contributed by atoms with van der Waals surface area (Å²) in [6, 6.07) is 0. The number of hydrogen-bond acceptors (Lipinski definition) is 6. The van der Waals surface area contributed by atoms with Crippen molar-refractivity contribution in [2.45, 2.75) is 207 Å². The van der Waals surface area contributed by atoms with Gasteiger partial charge in [-0.1, -0.05) is 199 Å². The molecule has 0 bridgehead atoms. The highest BCUT2D eigenvalue weighted by molar-refractivity contribution is 5.71. The Morgan fingerprint density at radius 1 is 0.323 bits per heavy atom. The van der Waals surface area contributed by atoms with Crippen molar-refractivity contribution in [2.75, 3.05) is 13.2 Å². The Labute approximate surface area is 398 Å². The number of esters is 3. The molecule has 1 atom stereocenters. The molecule has 0 heterocycles. The van der Waals surface area contributed by atoms with Gasteiger partial charge in [0.15, 0.2) is 6.10 Å². The molecular weight excluding hydrogens is 805 g/mol. The van der Waals surface area contributed by atoms with Gasteiger partial charge in [0.25, 0.3) is 0 Å². The first kappa shape index (κ1) is 60.5. The molecule has 6 nitrogen and oxygen atoms in total. The summed E-state index contributed by atoms with van der Waals surface area (Å²) in [6.45, 7) is 6.25. The Morgan fingerprint density at radius 2 is 0.646 bits per heavy atom. The highest BCUT2D eigenvalue weighted by Gasteiger charge is 2.19. The molecule has 0 aromatic rings. The molecule has 0 aromatic carbocycles. The number of allylic oxidation sites excluding steroid dienone is 22. The molecule has 0 saturated heterocycles. The lowest BCUT2D eigenvalue weighted by Gasteiger charge is -2.18. The fourth-order valence-electron chi connectivity index (χ4n) is 6.34. The van der Waals surface area contributed by atoms with E-state index >= 15 is 0 Å². The van der Waals surface area contributed by atoms with Crippen molar-refractivity contribution in [3.8, 4) is 0 Å². The van der Waals surface area contributed by atoms with Crippen LogP contribution in [0.1, 0.15) is 201 Å². The number of carbonyl (C=O) groups is 3. The van der Waals surface area contributed by atoms with Gasteiger partial charge in [-0.15, -0.1) is 0 Å². The van der Waals surface area contributed by atoms with E-state index in [1.165, 1.54) is 38.5 Å². The number of hydrogen-bond donors (Lipinski definition) is 0. The molecule has 0 spiro atoms. The van der Waals surface area contributed by atoms with E-state index in [1.54, 1.807) is 0 Å². The van der Waals surface area contributed by atoms with Crippen molar-refractivity contribution in [3.63, 3.8) is 0 Å². The van der Waals surface area contributed by atoms with E-state index in [4.69, 9.17) is 14.2 Å². The average Bonchev–Trinajstić information content (AvgIpc) is 3.30. The van der Waals surface area contributed by atoms with Crippen LogP contribution in [-0.4, -0.2) is 37.2 Å².